The number of likely N-dealkylation sites (tertiary alicyclic amines) is 1. The number of nitrogens with one attached hydrogen (secondary N) is 1. The highest BCUT2D eigenvalue weighted by Gasteiger charge is 2.30. The van der Waals surface area contributed by atoms with Crippen molar-refractivity contribution in [1.29, 1.82) is 0 Å². The maximum absolute atomic E-state index is 12.6. The summed E-state index contributed by atoms with van der Waals surface area (Å²) < 4.78 is 0. The largest absolute Gasteiger partial charge is 0.366 e. The third kappa shape index (κ3) is 6.05. The maximum Gasteiger partial charge on any atom is 0.341 e. The van der Waals surface area contributed by atoms with Crippen LogP contribution in [-0.4, -0.2) is 59.0 Å². The number of aromatic nitrogens is 1. The van der Waals surface area contributed by atoms with Crippen LogP contribution < -0.4 is 11.2 Å². The summed E-state index contributed by atoms with van der Waals surface area (Å²) in [7, 11) is 1.46. The lowest BCUT2D eigenvalue weighted by atomic mass is 9.98. The van der Waals surface area contributed by atoms with Crippen molar-refractivity contribution in [1.82, 2.24) is 20.3 Å². The Bertz CT molecular complexity index is 897. The fraction of sp³-hybridized carbons (Fsp3) is 0.522. The Kier molecular flexibility index (Phi) is 8.60. The molecule has 1 atom stereocenters. The van der Waals surface area contributed by atoms with Gasteiger partial charge in [-0.05, 0) is 73.6 Å². The second-order valence-corrected chi connectivity index (χ2v) is 9.12. The summed E-state index contributed by atoms with van der Waals surface area (Å²) >= 11 is 1.63. The van der Waals surface area contributed by atoms with Crippen molar-refractivity contribution in [2.45, 2.75) is 58.2 Å². The molecule has 1 aliphatic rings. The minimum atomic E-state index is -0.417. The number of amides is 3. The molecule has 32 heavy (non-hydrogen) atoms. The van der Waals surface area contributed by atoms with Crippen LogP contribution in [0.3, 0.4) is 0 Å². The maximum atomic E-state index is 12.6. The molecule has 0 unspecified atom stereocenters. The number of hydrogen-bond donors (Lipinski definition) is 2. The third-order valence-electron chi connectivity index (χ3n) is 6.23. The molecule has 9 heteroatoms. The predicted octanol–water partition coefficient (Wildman–Crippen LogP) is 3.11. The highest BCUT2D eigenvalue weighted by atomic mass is 32.1. The summed E-state index contributed by atoms with van der Waals surface area (Å²) in [6.45, 7) is 6.50. The molecule has 1 aliphatic heterocycles. The van der Waals surface area contributed by atoms with Crippen LogP contribution in [0.5, 0.6) is 0 Å². The Morgan fingerprint density at radius 1 is 1.38 bits per heavy atom. The lowest BCUT2D eigenvalue weighted by molar-refractivity contribution is 0.0565. The van der Waals surface area contributed by atoms with Crippen LogP contribution in [0.1, 0.15) is 53.4 Å². The molecule has 0 aromatic carbocycles. The Labute approximate surface area is 193 Å². The second-order valence-electron chi connectivity index (χ2n) is 8.34. The average Bonchev–Trinajstić information content (AvgIpc) is 3.29. The van der Waals surface area contributed by atoms with E-state index in [-0.39, 0.29) is 12.1 Å². The molecule has 0 bridgehead atoms. The zero-order valence-corrected chi connectivity index (χ0v) is 19.9. The van der Waals surface area contributed by atoms with Gasteiger partial charge in [-0.3, -0.25) is 14.6 Å². The van der Waals surface area contributed by atoms with Crippen LogP contribution in [0.4, 0.5) is 4.79 Å². The van der Waals surface area contributed by atoms with Gasteiger partial charge in [-0.1, -0.05) is 0 Å². The van der Waals surface area contributed by atoms with Gasteiger partial charge in [0.15, 0.2) is 0 Å². The first-order valence-electron chi connectivity index (χ1n) is 11.0. The van der Waals surface area contributed by atoms with Crippen molar-refractivity contribution in [3.63, 3.8) is 0 Å². The number of thiophene rings is 1. The summed E-state index contributed by atoms with van der Waals surface area (Å²) in [4.78, 5) is 38.0. The molecular formula is C23H33N5O3S. The summed E-state index contributed by atoms with van der Waals surface area (Å²) in [5.41, 5.74) is 11.4. The predicted molar refractivity (Wildman–Crippen MR) is 125 cm³/mol. The number of nitrogens with zero attached hydrogens (tertiary/aromatic N) is 3. The molecule has 0 saturated carbocycles. The van der Waals surface area contributed by atoms with Crippen LogP contribution in [0, 0.1) is 6.92 Å². The molecule has 2 aromatic rings. The van der Waals surface area contributed by atoms with Crippen LogP contribution in [0.2, 0.25) is 0 Å². The SMILES string of the molecule is CONC(=O)N(Cc1ccsc1)C1CCN([C@H](C)CCc2nccc(C)c2C(N)=O)CC1. The first-order chi connectivity index (χ1) is 15.4. The highest BCUT2D eigenvalue weighted by molar-refractivity contribution is 7.07. The molecule has 8 nitrogen and oxygen atoms in total. The number of urea groups is 1. The lowest BCUT2D eigenvalue weighted by Crippen LogP contribution is -2.51. The van der Waals surface area contributed by atoms with Crippen LogP contribution in [0.25, 0.3) is 0 Å². The molecule has 174 valence electrons. The van der Waals surface area contributed by atoms with Crippen molar-refractivity contribution < 1.29 is 14.4 Å². The van der Waals surface area contributed by atoms with Gasteiger partial charge in [0.25, 0.3) is 5.91 Å². The summed E-state index contributed by atoms with van der Waals surface area (Å²) in [6, 6.07) is 4.17. The van der Waals surface area contributed by atoms with E-state index >= 15 is 0 Å². The number of piperidine rings is 1. The molecule has 0 spiro atoms. The van der Waals surface area contributed by atoms with Crippen molar-refractivity contribution in [2.24, 2.45) is 5.73 Å². The second kappa shape index (κ2) is 11.4. The number of rotatable bonds is 9. The fourth-order valence-corrected chi connectivity index (χ4v) is 5.06. The number of carbonyl (C=O) groups is 2. The molecule has 2 aromatic heterocycles. The number of nitrogens with two attached hydrogens (primary N) is 1. The van der Waals surface area contributed by atoms with Gasteiger partial charge in [0.1, 0.15) is 0 Å². The molecular weight excluding hydrogens is 426 g/mol. The van der Waals surface area contributed by atoms with E-state index in [4.69, 9.17) is 10.6 Å². The van der Waals surface area contributed by atoms with Gasteiger partial charge in [-0.25, -0.2) is 10.3 Å². The smallest absolute Gasteiger partial charge is 0.341 e. The van der Waals surface area contributed by atoms with Crippen molar-refractivity contribution >= 4 is 23.3 Å². The summed E-state index contributed by atoms with van der Waals surface area (Å²) in [5, 5.41) is 4.10. The van der Waals surface area contributed by atoms with Gasteiger partial charge >= 0.3 is 6.03 Å². The van der Waals surface area contributed by atoms with Gasteiger partial charge < -0.3 is 15.5 Å². The van der Waals surface area contributed by atoms with Crippen molar-refractivity contribution in [3.05, 3.63) is 51.5 Å². The fourth-order valence-electron chi connectivity index (χ4n) is 4.40. The van der Waals surface area contributed by atoms with Gasteiger partial charge in [0.05, 0.1) is 18.4 Å². The molecule has 1 fully saturated rings. The molecule has 3 rings (SSSR count). The first-order valence-corrected chi connectivity index (χ1v) is 11.9. The summed E-state index contributed by atoms with van der Waals surface area (Å²) in [6.07, 6.45) is 5.15. The van der Waals surface area contributed by atoms with Crippen molar-refractivity contribution in [2.75, 3.05) is 20.2 Å². The topological polar surface area (TPSA) is 101 Å². The monoisotopic (exact) mass is 459 g/mol. The molecule has 1 saturated heterocycles. The number of aryl methyl sites for hydroxylation is 2. The van der Waals surface area contributed by atoms with Gasteiger partial charge in [-0.15, -0.1) is 0 Å². The van der Waals surface area contributed by atoms with E-state index in [0.717, 1.165) is 49.2 Å². The van der Waals surface area contributed by atoms with E-state index in [1.165, 1.54) is 7.11 Å². The molecule has 0 radical (unpaired) electrons. The normalized spacial score (nSPS) is 16.0. The number of primary amides is 1. The zero-order valence-electron chi connectivity index (χ0n) is 19.0. The Hall–Kier alpha value is -2.49. The zero-order chi connectivity index (χ0) is 23.1. The van der Waals surface area contributed by atoms with Gasteiger partial charge in [-0.2, -0.15) is 11.3 Å². The van der Waals surface area contributed by atoms with Crippen LogP contribution in [-0.2, 0) is 17.8 Å². The van der Waals surface area contributed by atoms with E-state index in [1.54, 1.807) is 17.5 Å². The number of carbonyl (C=O) groups excluding carboxylic acids is 2. The molecule has 3 heterocycles. The van der Waals surface area contributed by atoms with E-state index in [1.807, 2.05) is 23.3 Å². The van der Waals surface area contributed by atoms with E-state index in [9.17, 15) is 9.59 Å². The van der Waals surface area contributed by atoms with Crippen molar-refractivity contribution in [3.8, 4) is 0 Å². The molecule has 3 amide bonds. The minimum Gasteiger partial charge on any atom is -0.366 e. The number of hydrogen-bond acceptors (Lipinski definition) is 6. The average molecular weight is 460 g/mol. The van der Waals surface area contributed by atoms with Crippen LogP contribution in [0.15, 0.2) is 29.1 Å². The number of hydroxylamine groups is 1. The third-order valence-corrected chi connectivity index (χ3v) is 6.96. The minimum absolute atomic E-state index is 0.161. The Balaban J connectivity index is 1.56. The standard InChI is InChI=1S/C23H33N5O3S/c1-16-6-10-25-20(21(16)22(24)29)5-4-17(2)27-11-7-19(8-12-27)28(23(30)26-31-3)14-18-9-13-32-15-18/h6,9-10,13,15,17,19H,4-5,7-8,11-12,14H2,1-3H3,(H2,24,29)(H,26,30)/t17-/m1/s1. The van der Waals surface area contributed by atoms with Crippen LogP contribution >= 0.6 is 11.3 Å². The van der Waals surface area contributed by atoms with E-state index in [0.29, 0.717) is 24.6 Å². The summed E-state index contributed by atoms with van der Waals surface area (Å²) in [5.74, 6) is -0.417. The Morgan fingerprint density at radius 2 is 2.12 bits per heavy atom. The Morgan fingerprint density at radius 3 is 2.75 bits per heavy atom. The molecule has 0 aliphatic carbocycles. The first kappa shape index (κ1) is 24.2. The van der Waals surface area contributed by atoms with Gasteiger partial charge in [0, 0.05) is 37.9 Å². The highest BCUT2D eigenvalue weighted by Crippen LogP contribution is 2.23. The quantitative estimate of drug-likeness (QED) is 0.561. The lowest BCUT2D eigenvalue weighted by Gasteiger charge is -2.40. The molecule has 3 N–H and O–H groups in total. The van der Waals surface area contributed by atoms with E-state index in [2.05, 4.69) is 33.7 Å². The number of pyridine rings is 1. The van der Waals surface area contributed by atoms with E-state index < -0.39 is 5.91 Å². The van der Waals surface area contributed by atoms with Gasteiger partial charge in [0.2, 0.25) is 0 Å².